The van der Waals surface area contributed by atoms with Gasteiger partial charge in [-0.05, 0) is 18.9 Å². The number of methoxy groups -OCH3 is 1. The van der Waals surface area contributed by atoms with Gasteiger partial charge in [0.25, 0.3) is 0 Å². The van der Waals surface area contributed by atoms with Crippen LogP contribution in [0, 0.1) is 6.92 Å². The van der Waals surface area contributed by atoms with Gasteiger partial charge in [-0.2, -0.15) is 0 Å². The molecule has 0 saturated carbocycles. The van der Waals surface area contributed by atoms with E-state index >= 15 is 0 Å². The molecule has 8 heteroatoms. The average Bonchev–Trinajstić information content (AvgIpc) is 3.38. The summed E-state index contributed by atoms with van der Waals surface area (Å²) in [4.78, 5) is 22.3. The smallest absolute Gasteiger partial charge is 0.232 e. The first-order valence-corrected chi connectivity index (χ1v) is 10.6. The highest BCUT2D eigenvalue weighted by molar-refractivity contribution is 7.15. The predicted octanol–water partition coefficient (Wildman–Crippen LogP) is 4.20. The molecule has 0 spiro atoms. The van der Waals surface area contributed by atoms with Crippen molar-refractivity contribution in [2.24, 2.45) is 0 Å². The minimum Gasteiger partial charge on any atom is -0.384 e. The van der Waals surface area contributed by atoms with Crippen LogP contribution in [0.2, 0.25) is 0 Å². The Kier molecular flexibility index (Phi) is 5.52. The summed E-state index contributed by atoms with van der Waals surface area (Å²) in [5.41, 5.74) is 5.01. The zero-order valence-corrected chi connectivity index (χ0v) is 17.3. The molecule has 1 N–H and O–H groups in total. The lowest BCUT2D eigenvalue weighted by Gasteiger charge is -2.02. The minimum absolute atomic E-state index is 0.0816. The van der Waals surface area contributed by atoms with Gasteiger partial charge in [0.1, 0.15) is 0 Å². The van der Waals surface area contributed by atoms with Crippen LogP contribution in [0.1, 0.15) is 17.0 Å². The standard InChI is InChI=1S/C20H20N4O2S2/c1-13-10-24-16(11-28-20(24)21-13)9-18(25)23-19-22-17(12-27-19)15-5-3-14(4-6-15)7-8-26-2/h3-6,10-12H,7-9H2,1-2H3,(H,22,23,25). The van der Waals surface area contributed by atoms with Crippen LogP contribution < -0.4 is 5.32 Å². The lowest BCUT2D eigenvalue weighted by molar-refractivity contribution is -0.115. The number of nitrogens with one attached hydrogen (secondary N) is 1. The van der Waals surface area contributed by atoms with E-state index in [1.807, 2.05) is 28.3 Å². The molecule has 144 valence electrons. The number of hydrogen-bond donors (Lipinski definition) is 1. The molecular formula is C20H20N4O2S2. The second-order valence-corrected chi connectivity index (χ2v) is 8.16. The quantitative estimate of drug-likeness (QED) is 0.494. The molecule has 0 aliphatic heterocycles. The molecule has 3 heterocycles. The van der Waals surface area contributed by atoms with Crippen molar-refractivity contribution in [1.82, 2.24) is 14.4 Å². The molecule has 0 atom stereocenters. The molecule has 1 amide bonds. The van der Waals surface area contributed by atoms with Gasteiger partial charge in [-0.15, -0.1) is 22.7 Å². The Morgan fingerprint density at radius 2 is 2.00 bits per heavy atom. The van der Waals surface area contributed by atoms with Crippen molar-refractivity contribution >= 4 is 38.7 Å². The lowest BCUT2D eigenvalue weighted by Crippen LogP contribution is -2.15. The number of benzene rings is 1. The van der Waals surface area contributed by atoms with E-state index in [1.54, 1.807) is 18.4 Å². The molecule has 3 aromatic heterocycles. The normalized spacial score (nSPS) is 11.2. The van der Waals surface area contributed by atoms with Crippen LogP contribution >= 0.6 is 22.7 Å². The number of amides is 1. The fraction of sp³-hybridized carbons (Fsp3) is 0.250. The van der Waals surface area contributed by atoms with Crippen LogP contribution in [-0.2, 0) is 22.4 Å². The van der Waals surface area contributed by atoms with Crippen molar-refractivity contribution in [3.05, 3.63) is 58.2 Å². The Balaban J connectivity index is 1.40. The van der Waals surface area contributed by atoms with E-state index in [-0.39, 0.29) is 5.91 Å². The van der Waals surface area contributed by atoms with E-state index in [2.05, 4.69) is 39.6 Å². The van der Waals surface area contributed by atoms with E-state index in [0.29, 0.717) is 18.2 Å². The summed E-state index contributed by atoms with van der Waals surface area (Å²) in [6.45, 7) is 2.66. The Labute approximate surface area is 170 Å². The zero-order chi connectivity index (χ0) is 19.5. The third-order valence-electron chi connectivity index (χ3n) is 4.34. The monoisotopic (exact) mass is 412 g/mol. The van der Waals surface area contributed by atoms with Gasteiger partial charge in [0.05, 0.1) is 24.4 Å². The number of ether oxygens (including phenoxy) is 1. The number of aromatic nitrogens is 3. The first kappa shape index (κ1) is 18.8. The van der Waals surface area contributed by atoms with Crippen molar-refractivity contribution in [1.29, 1.82) is 0 Å². The summed E-state index contributed by atoms with van der Waals surface area (Å²) >= 11 is 2.97. The van der Waals surface area contributed by atoms with Crippen LogP contribution in [-0.4, -0.2) is 34.0 Å². The SMILES string of the molecule is COCCc1ccc(-c2csc(NC(=O)Cc3csc4nc(C)cn34)n2)cc1. The Morgan fingerprint density at radius 3 is 2.79 bits per heavy atom. The summed E-state index contributed by atoms with van der Waals surface area (Å²) in [6, 6.07) is 8.27. The number of fused-ring (bicyclic) bond motifs is 1. The maximum absolute atomic E-state index is 12.4. The molecule has 6 nitrogen and oxygen atoms in total. The zero-order valence-electron chi connectivity index (χ0n) is 15.6. The van der Waals surface area contributed by atoms with Crippen molar-refractivity contribution in [3.8, 4) is 11.3 Å². The van der Waals surface area contributed by atoms with E-state index in [0.717, 1.165) is 34.0 Å². The molecule has 0 unspecified atom stereocenters. The largest absolute Gasteiger partial charge is 0.384 e. The number of nitrogens with zero attached hydrogens (tertiary/aromatic N) is 3. The molecular weight excluding hydrogens is 392 g/mol. The average molecular weight is 413 g/mol. The molecule has 0 saturated heterocycles. The highest BCUT2D eigenvalue weighted by Crippen LogP contribution is 2.25. The Bertz CT molecular complexity index is 1100. The molecule has 0 aliphatic carbocycles. The van der Waals surface area contributed by atoms with Crippen LogP contribution in [0.25, 0.3) is 16.2 Å². The number of thiazole rings is 2. The Morgan fingerprint density at radius 1 is 1.18 bits per heavy atom. The molecule has 0 fully saturated rings. The number of carbonyl (C=O) groups is 1. The molecule has 4 aromatic rings. The van der Waals surface area contributed by atoms with Gasteiger partial charge < -0.3 is 10.1 Å². The molecule has 0 aliphatic rings. The topological polar surface area (TPSA) is 68.5 Å². The maximum atomic E-state index is 12.4. The molecule has 1 aromatic carbocycles. The van der Waals surface area contributed by atoms with E-state index in [9.17, 15) is 4.79 Å². The van der Waals surface area contributed by atoms with Crippen LogP contribution in [0.15, 0.2) is 41.2 Å². The number of carbonyl (C=O) groups excluding carboxylic acids is 1. The first-order chi connectivity index (χ1) is 13.6. The van der Waals surface area contributed by atoms with Gasteiger partial charge >= 0.3 is 0 Å². The van der Waals surface area contributed by atoms with Crippen molar-refractivity contribution in [3.63, 3.8) is 0 Å². The number of hydrogen-bond acceptors (Lipinski definition) is 6. The summed E-state index contributed by atoms with van der Waals surface area (Å²) in [5, 5.41) is 7.44. The van der Waals surface area contributed by atoms with Crippen molar-refractivity contribution in [2.75, 3.05) is 19.0 Å². The van der Waals surface area contributed by atoms with Gasteiger partial charge in [0, 0.05) is 35.3 Å². The van der Waals surface area contributed by atoms with Crippen LogP contribution in [0.4, 0.5) is 5.13 Å². The number of rotatable bonds is 7. The van der Waals surface area contributed by atoms with Crippen LogP contribution in [0.5, 0.6) is 0 Å². The Hall–Kier alpha value is -2.55. The second kappa shape index (κ2) is 8.22. The number of imidazole rings is 1. The number of aryl methyl sites for hydroxylation is 1. The third-order valence-corrected chi connectivity index (χ3v) is 5.99. The summed E-state index contributed by atoms with van der Waals surface area (Å²) in [5.74, 6) is -0.0816. The van der Waals surface area contributed by atoms with E-state index in [1.165, 1.54) is 16.9 Å². The fourth-order valence-corrected chi connectivity index (χ4v) is 4.58. The van der Waals surface area contributed by atoms with Gasteiger partial charge in [-0.3, -0.25) is 9.20 Å². The van der Waals surface area contributed by atoms with Crippen molar-refractivity contribution in [2.45, 2.75) is 19.8 Å². The highest BCUT2D eigenvalue weighted by Gasteiger charge is 2.13. The summed E-state index contributed by atoms with van der Waals surface area (Å²) in [6.07, 6.45) is 3.13. The molecule has 28 heavy (non-hydrogen) atoms. The van der Waals surface area contributed by atoms with Gasteiger partial charge in [0.2, 0.25) is 5.91 Å². The highest BCUT2D eigenvalue weighted by atomic mass is 32.1. The molecule has 4 rings (SSSR count). The third kappa shape index (κ3) is 4.14. The predicted molar refractivity (Wildman–Crippen MR) is 113 cm³/mol. The van der Waals surface area contributed by atoms with Crippen molar-refractivity contribution < 1.29 is 9.53 Å². The summed E-state index contributed by atoms with van der Waals surface area (Å²) in [7, 11) is 1.71. The lowest BCUT2D eigenvalue weighted by atomic mass is 10.1. The second-order valence-electron chi connectivity index (χ2n) is 6.46. The van der Waals surface area contributed by atoms with Gasteiger partial charge in [-0.25, -0.2) is 9.97 Å². The van der Waals surface area contributed by atoms with E-state index < -0.39 is 0 Å². The minimum atomic E-state index is -0.0816. The summed E-state index contributed by atoms with van der Waals surface area (Å²) < 4.78 is 7.08. The number of anilines is 1. The van der Waals surface area contributed by atoms with Crippen LogP contribution in [0.3, 0.4) is 0 Å². The van der Waals surface area contributed by atoms with Gasteiger partial charge in [0.15, 0.2) is 10.1 Å². The van der Waals surface area contributed by atoms with E-state index in [4.69, 9.17) is 4.74 Å². The van der Waals surface area contributed by atoms with Gasteiger partial charge in [-0.1, -0.05) is 24.3 Å². The molecule has 0 bridgehead atoms. The molecule has 0 radical (unpaired) electrons. The maximum Gasteiger partial charge on any atom is 0.232 e. The first-order valence-electron chi connectivity index (χ1n) is 8.88. The fourth-order valence-electron chi connectivity index (χ4n) is 2.92.